The molecular formula is C19H22ClNO3S. The van der Waals surface area contributed by atoms with Gasteiger partial charge < -0.3 is 4.74 Å². The maximum absolute atomic E-state index is 12.6. The van der Waals surface area contributed by atoms with Crippen molar-refractivity contribution in [3.8, 4) is 5.75 Å². The maximum atomic E-state index is 12.6. The average Bonchev–Trinajstić information content (AvgIpc) is 2.61. The van der Waals surface area contributed by atoms with E-state index in [1.807, 2.05) is 36.4 Å². The molecule has 0 fully saturated rings. The number of carbonyl (C=O) groups is 1. The fraction of sp³-hybridized carbons (Fsp3) is 0.316. The van der Waals surface area contributed by atoms with E-state index < -0.39 is 4.75 Å². The van der Waals surface area contributed by atoms with Crippen LogP contribution >= 0.6 is 23.4 Å². The topological polar surface area (TPSA) is 49.8 Å². The number of benzene rings is 2. The van der Waals surface area contributed by atoms with Crippen molar-refractivity contribution >= 4 is 29.3 Å². The first-order chi connectivity index (χ1) is 11.8. The van der Waals surface area contributed by atoms with E-state index in [-0.39, 0.29) is 12.5 Å². The molecule has 0 aliphatic rings. The molecule has 0 saturated heterocycles. The molecule has 2 rings (SSSR count). The predicted molar refractivity (Wildman–Crippen MR) is 102 cm³/mol. The Kier molecular flexibility index (Phi) is 6.76. The molecule has 0 heterocycles. The number of thioether (sulfide) groups is 1. The van der Waals surface area contributed by atoms with Crippen LogP contribution in [0.15, 0.2) is 53.4 Å². The summed E-state index contributed by atoms with van der Waals surface area (Å²) in [5.74, 6) is 0.403. The quantitative estimate of drug-likeness (QED) is 0.431. The second kappa shape index (κ2) is 8.61. The summed E-state index contributed by atoms with van der Waals surface area (Å²) in [4.78, 5) is 13.5. The lowest BCUT2D eigenvalue weighted by Gasteiger charge is -2.27. The van der Waals surface area contributed by atoms with Gasteiger partial charge in [0.05, 0.1) is 18.4 Å². The largest absolute Gasteiger partial charge is 0.496 e. The smallest absolute Gasteiger partial charge is 0.261 e. The van der Waals surface area contributed by atoms with Crippen LogP contribution in [0.1, 0.15) is 19.4 Å². The van der Waals surface area contributed by atoms with Gasteiger partial charge in [0, 0.05) is 9.92 Å². The summed E-state index contributed by atoms with van der Waals surface area (Å²) in [6.45, 7) is 3.78. The van der Waals surface area contributed by atoms with E-state index in [1.54, 1.807) is 33.1 Å². The van der Waals surface area contributed by atoms with Crippen LogP contribution in [0.4, 0.5) is 0 Å². The highest BCUT2D eigenvalue weighted by atomic mass is 35.5. The number of hydrogen-bond acceptors (Lipinski definition) is 4. The van der Waals surface area contributed by atoms with Crippen LogP contribution in [-0.4, -0.2) is 34.6 Å². The van der Waals surface area contributed by atoms with Crippen molar-refractivity contribution in [1.29, 1.82) is 0 Å². The van der Waals surface area contributed by atoms with Gasteiger partial charge in [-0.25, -0.2) is 5.06 Å². The first kappa shape index (κ1) is 19.6. The van der Waals surface area contributed by atoms with Gasteiger partial charge in [0.25, 0.3) is 5.91 Å². The highest BCUT2D eigenvalue weighted by Gasteiger charge is 2.33. The van der Waals surface area contributed by atoms with Gasteiger partial charge in [0.1, 0.15) is 5.75 Å². The Morgan fingerprint density at radius 1 is 1.20 bits per heavy atom. The fourth-order valence-corrected chi connectivity index (χ4v) is 3.57. The highest BCUT2D eigenvalue weighted by molar-refractivity contribution is 8.01. The third kappa shape index (κ3) is 5.39. The van der Waals surface area contributed by atoms with Gasteiger partial charge in [0.15, 0.2) is 0 Å². The summed E-state index contributed by atoms with van der Waals surface area (Å²) in [6, 6.07) is 14.9. The number of methoxy groups -OCH3 is 1. The Balaban J connectivity index is 1.98. The number of para-hydroxylation sites is 1. The van der Waals surface area contributed by atoms with Crippen molar-refractivity contribution in [2.45, 2.75) is 29.9 Å². The van der Waals surface area contributed by atoms with Crippen LogP contribution in [0.2, 0.25) is 5.02 Å². The molecule has 0 unspecified atom stereocenters. The van der Waals surface area contributed by atoms with E-state index in [4.69, 9.17) is 16.3 Å². The average molecular weight is 380 g/mol. The zero-order valence-electron chi connectivity index (χ0n) is 14.5. The number of ether oxygens (including phenoxy) is 1. The standard InChI is InChI=1S/C19H22ClNO3S/c1-19(2,25-16-10-8-15(20)9-11-16)18(22)21(23)13-12-14-6-4-5-7-17(14)24-3/h4-11,23H,12-13H2,1-3H3. The minimum atomic E-state index is -0.802. The highest BCUT2D eigenvalue weighted by Crippen LogP contribution is 2.34. The summed E-state index contributed by atoms with van der Waals surface area (Å²) < 4.78 is 4.49. The molecular weight excluding hydrogens is 358 g/mol. The minimum absolute atomic E-state index is 0.198. The first-order valence-electron chi connectivity index (χ1n) is 7.91. The first-order valence-corrected chi connectivity index (χ1v) is 9.10. The molecule has 2 aromatic rings. The van der Waals surface area contributed by atoms with E-state index in [0.29, 0.717) is 11.4 Å². The van der Waals surface area contributed by atoms with Crippen LogP contribution in [0.5, 0.6) is 5.75 Å². The van der Waals surface area contributed by atoms with Crippen LogP contribution in [-0.2, 0) is 11.2 Å². The molecule has 134 valence electrons. The van der Waals surface area contributed by atoms with Crippen LogP contribution < -0.4 is 4.74 Å². The normalized spacial score (nSPS) is 11.2. The Labute approximate surface area is 157 Å². The molecule has 0 aromatic heterocycles. The maximum Gasteiger partial charge on any atom is 0.261 e. The molecule has 0 bridgehead atoms. The molecule has 0 aliphatic carbocycles. The Bertz CT molecular complexity index is 719. The zero-order valence-corrected chi connectivity index (χ0v) is 16.1. The Morgan fingerprint density at radius 2 is 1.84 bits per heavy atom. The molecule has 0 saturated carbocycles. The van der Waals surface area contributed by atoms with Crippen molar-refractivity contribution < 1.29 is 14.7 Å². The number of hydroxylamine groups is 2. The van der Waals surface area contributed by atoms with Gasteiger partial charge in [-0.15, -0.1) is 11.8 Å². The predicted octanol–water partition coefficient (Wildman–Crippen LogP) is 4.68. The molecule has 0 atom stereocenters. The van der Waals surface area contributed by atoms with Crippen molar-refractivity contribution in [1.82, 2.24) is 5.06 Å². The Morgan fingerprint density at radius 3 is 2.48 bits per heavy atom. The molecule has 4 nitrogen and oxygen atoms in total. The van der Waals surface area contributed by atoms with E-state index in [1.165, 1.54) is 11.8 Å². The van der Waals surface area contributed by atoms with E-state index >= 15 is 0 Å². The second-order valence-corrected chi connectivity index (χ2v) is 8.19. The molecule has 2 aromatic carbocycles. The summed E-state index contributed by atoms with van der Waals surface area (Å²) in [6.07, 6.45) is 0.508. The number of amides is 1. The van der Waals surface area contributed by atoms with Crippen molar-refractivity contribution in [3.63, 3.8) is 0 Å². The fourth-order valence-electron chi connectivity index (χ4n) is 2.39. The van der Waals surface area contributed by atoms with E-state index in [0.717, 1.165) is 21.3 Å². The van der Waals surface area contributed by atoms with Crippen LogP contribution in [0, 0.1) is 0 Å². The van der Waals surface area contributed by atoms with Crippen molar-refractivity contribution in [2.24, 2.45) is 0 Å². The van der Waals surface area contributed by atoms with Gasteiger partial charge in [0.2, 0.25) is 0 Å². The lowest BCUT2D eigenvalue weighted by Crippen LogP contribution is -2.42. The zero-order chi connectivity index (χ0) is 18.4. The van der Waals surface area contributed by atoms with Gasteiger partial charge in [-0.3, -0.25) is 10.0 Å². The number of nitrogens with zero attached hydrogens (tertiary/aromatic N) is 1. The summed E-state index contributed by atoms with van der Waals surface area (Å²) in [5.41, 5.74) is 0.944. The molecule has 1 N–H and O–H groups in total. The third-order valence-corrected chi connectivity index (χ3v) is 5.17. The molecule has 0 radical (unpaired) electrons. The monoisotopic (exact) mass is 379 g/mol. The molecule has 6 heteroatoms. The summed E-state index contributed by atoms with van der Waals surface area (Å²) in [7, 11) is 1.60. The van der Waals surface area contributed by atoms with Crippen LogP contribution in [0.25, 0.3) is 0 Å². The number of rotatable bonds is 7. The number of hydrogen-bond donors (Lipinski definition) is 1. The number of carbonyl (C=O) groups excluding carboxylic acids is 1. The SMILES string of the molecule is COc1ccccc1CCN(O)C(=O)C(C)(C)Sc1ccc(Cl)cc1. The molecule has 25 heavy (non-hydrogen) atoms. The van der Waals surface area contributed by atoms with Gasteiger partial charge in [-0.1, -0.05) is 29.8 Å². The number of halogens is 1. The third-order valence-electron chi connectivity index (χ3n) is 3.72. The summed E-state index contributed by atoms with van der Waals surface area (Å²) >= 11 is 7.27. The van der Waals surface area contributed by atoms with E-state index in [9.17, 15) is 10.0 Å². The van der Waals surface area contributed by atoms with Gasteiger partial charge in [-0.05, 0) is 56.2 Å². The lowest BCUT2D eigenvalue weighted by molar-refractivity contribution is -0.167. The Hall–Kier alpha value is -1.69. The van der Waals surface area contributed by atoms with Gasteiger partial charge in [-0.2, -0.15) is 0 Å². The van der Waals surface area contributed by atoms with Gasteiger partial charge >= 0.3 is 0 Å². The second-order valence-electron chi connectivity index (χ2n) is 6.06. The van der Waals surface area contributed by atoms with Crippen molar-refractivity contribution in [3.05, 3.63) is 59.1 Å². The lowest BCUT2D eigenvalue weighted by atomic mass is 10.1. The molecule has 0 spiro atoms. The van der Waals surface area contributed by atoms with E-state index in [2.05, 4.69) is 0 Å². The molecule has 1 amide bonds. The molecule has 0 aliphatic heterocycles. The van der Waals surface area contributed by atoms with Crippen LogP contribution in [0.3, 0.4) is 0 Å². The van der Waals surface area contributed by atoms with Crippen molar-refractivity contribution in [2.75, 3.05) is 13.7 Å². The summed E-state index contributed by atoms with van der Waals surface area (Å²) in [5, 5.41) is 11.6. The minimum Gasteiger partial charge on any atom is -0.496 e.